The number of para-hydroxylation sites is 1. The third kappa shape index (κ3) is 4.81. The van der Waals surface area contributed by atoms with Crippen molar-refractivity contribution in [1.82, 2.24) is 9.21 Å². The van der Waals surface area contributed by atoms with E-state index in [9.17, 15) is 8.42 Å². The molecule has 4 rings (SSSR count). The highest BCUT2D eigenvalue weighted by atomic mass is 32.2. The molecule has 7 heteroatoms. The second-order valence-corrected chi connectivity index (χ2v) is 10.9. The number of methoxy groups -OCH3 is 1. The van der Waals surface area contributed by atoms with E-state index >= 15 is 0 Å². The number of hydrogen-bond acceptors (Lipinski definition) is 5. The van der Waals surface area contributed by atoms with E-state index in [2.05, 4.69) is 61.2 Å². The molecule has 0 N–H and O–H groups in total. The Labute approximate surface area is 192 Å². The van der Waals surface area contributed by atoms with E-state index in [1.165, 1.54) is 22.9 Å². The van der Waals surface area contributed by atoms with E-state index in [1.54, 1.807) is 11.4 Å². The van der Waals surface area contributed by atoms with Gasteiger partial charge in [0.05, 0.1) is 24.3 Å². The van der Waals surface area contributed by atoms with Crippen LogP contribution in [0.15, 0.2) is 47.5 Å². The zero-order valence-corrected chi connectivity index (χ0v) is 20.2. The monoisotopic (exact) mass is 455 g/mol. The number of rotatable bonds is 8. The Bertz CT molecular complexity index is 1100. The summed E-state index contributed by atoms with van der Waals surface area (Å²) in [5.74, 6) is 0.178. The molecule has 1 fully saturated rings. The van der Waals surface area contributed by atoms with Crippen LogP contribution in [0.1, 0.15) is 34.6 Å². The molecule has 2 aromatic rings. The number of ether oxygens (including phenoxy) is 1. The molecule has 2 atom stereocenters. The lowest BCUT2D eigenvalue weighted by Crippen LogP contribution is -2.43. The molecule has 2 aliphatic heterocycles. The Morgan fingerprint density at radius 3 is 2.59 bits per heavy atom. The van der Waals surface area contributed by atoms with Gasteiger partial charge in [-0.05, 0) is 43.5 Å². The number of aryl methyl sites for hydroxylation is 2. The first-order valence-electron chi connectivity index (χ1n) is 11.2. The zero-order valence-electron chi connectivity index (χ0n) is 19.4. The van der Waals surface area contributed by atoms with Crippen LogP contribution in [-0.2, 0) is 14.8 Å². The van der Waals surface area contributed by atoms with E-state index in [-0.39, 0.29) is 12.0 Å². The van der Waals surface area contributed by atoms with E-state index in [0.29, 0.717) is 13.2 Å². The smallest absolute Gasteiger partial charge is 0.211 e. The molecule has 2 heterocycles. The van der Waals surface area contributed by atoms with Gasteiger partial charge in [-0.15, -0.1) is 0 Å². The normalized spacial score (nSPS) is 21.2. The number of aliphatic imine (C=N–C) groups is 1. The number of fused-ring (bicyclic) bond motifs is 1. The third-order valence-corrected chi connectivity index (χ3v) is 7.92. The largest absolute Gasteiger partial charge is 0.383 e. The first-order valence-corrected chi connectivity index (χ1v) is 13.1. The van der Waals surface area contributed by atoms with Crippen LogP contribution in [0.5, 0.6) is 0 Å². The maximum Gasteiger partial charge on any atom is 0.211 e. The van der Waals surface area contributed by atoms with Crippen LogP contribution in [0.4, 0.5) is 5.69 Å². The van der Waals surface area contributed by atoms with Gasteiger partial charge in [0.1, 0.15) is 0 Å². The summed E-state index contributed by atoms with van der Waals surface area (Å²) >= 11 is 0. The van der Waals surface area contributed by atoms with Gasteiger partial charge >= 0.3 is 0 Å². The summed E-state index contributed by atoms with van der Waals surface area (Å²) in [6, 6.07) is 15.0. The van der Waals surface area contributed by atoms with Crippen molar-refractivity contribution in [2.45, 2.75) is 32.2 Å². The topological polar surface area (TPSA) is 62.2 Å². The van der Waals surface area contributed by atoms with Crippen molar-refractivity contribution < 1.29 is 13.2 Å². The lowest BCUT2D eigenvalue weighted by Gasteiger charge is -2.27. The minimum Gasteiger partial charge on any atom is -0.383 e. The fourth-order valence-corrected chi connectivity index (χ4v) is 6.03. The summed E-state index contributed by atoms with van der Waals surface area (Å²) in [6.45, 7) is 7.46. The first kappa shape index (κ1) is 23.1. The van der Waals surface area contributed by atoms with Crippen molar-refractivity contribution in [3.63, 3.8) is 0 Å². The minimum absolute atomic E-state index is 0.0155. The molecule has 2 aromatic carbocycles. The summed E-state index contributed by atoms with van der Waals surface area (Å²) in [7, 11) is -1.68. The Kier molecular flexibility index (Phi) is 6.81. The van der Waals surface area contributed by atoms with Gasteiger partial charge in [0.25, 0.3) is 0 Å². The van der Waals surface area contributed by atoms with E-state index in [1.807, 2.05) is 0 Å². The van der Waals surface area contributed by atoms with Crippen LogP contribution in [0.3, 0.4) is 0 Å². The van der Waals surface area contributed by atoms with Crippen LogP contribution >= 0.6 is 0 Å². The maximum atomic E-state index is 12.4. The average molecular weight is 456 g/mol. The number of nitrogens with zero attached hydrogens (tertiary/aromatic N) is 3. The van der Waals surface area contributed by atoms with Crippen molar-refractivity contribution in [2.24, 2.45) is 4.99 Å². The Hall–Kier alpha value is -2.06. The fraction of sp³-hybridized carbons (Fsp3) is 0.480. The van der Waals surface area contributed by atoms with E-state index < -0.39 is 10.0 Å². The van der Waals surface area contributed by atoms with Crippen LogP contribution in [0, 0.1) is 13.8 Å². The average Bonchev–Trinajstić information content (AvgIpc) is 3.34. The molecule has 32 heavy (non-hydrogen) atoms. The van der Waals surface area contributed by atoms with Gasteiger partial charge in [-0.3, -0.25) is 4.99 Å². The molecule has 2 aliphatic rings. The van der Waals surface area contributed by atoms with Gasteiger partial charge in [0.2, 0.25) is 10.0 Å². The molecule has 0 bridgehead atoms. The van der Waals surface area contributed by atoms with Crippen molar-refractivity contribution >= 4 is 21.4 Å². The van der Waals surface area contributed by atoms with Gasteiger partial charge in [0.15, 0.2) is 0 Å². The Morgan fingerprint density at radius 2 is 1.91 bits per heavy atom. The molecule has 0 amide bonds. The Morgan fingerprint density at radius 1 is 1.16 bits per heavy atom. The lowest BCUT2D eigenvalue weighted by atomic mass is 9.90. The highest BCUT2D eigenvalue weighted by Gasteiger charge is 2.36. The van der Waals surface area contributed by atoms with Crippen molar-refractivity contribution in [1.29, 1.82) is 0 Å². The molecule has 0 spiro atoms. The van der Waals surface area contributed by atoms with Gasteiger partial charge in [-0.1, -0.05) is 48.0 Å². The maximum absolute atomic E-state index is 12.4. The lowest BCUT2D eigenvalue weighted by molar-refractivity contribution is 0.165. The summed E-state index contributed by atoms with van der Waals surface area (Å²) in [4.78, 5) is 7.47. The number of benzene rings is 2. The molecular weight excluding hydrogens is 422 g/mol. The molecule has 0 aliphatic carbocycles. The van der Waals surface area contributed by atoms with Crippen molar-refractivity contribution in [2.75, 3.05) is 46.2 Å². The van der Waals surface area contributed by atoms with Crippen molar-refractivity contribution in [3.05, 3.63) is 64.7 Å². The fourth-order valence-electron chi connectivity index (χ4n) is 4.91. The number of likely N-dealkylation sites (tertiary alicyclic amines) is 1. The summed E-state index contributed by atoms with van der Waals surface area (Å²) < 4.78 is 31.5. The molecule has 172 valence electrons. The molecule has 0 aromatic heterocycles. The minimum atomic E-state index is -3.28. The number of hydrogen-bond donors (Lipinski definition) is 0. The molecule has 2 unspecified atom stereocenters. The van der Waals surface area contributed by atoms with Crippen LogP contribution in [-0.4, -0.2) is 75.5 Å². The van der Waals surface area contributed by atoms with Gasteiger partial charge in [0, 0.05) is 38.7 Å². The molecular formula is C25H33N3O3S. The van der Waals surface area contributed by atoms with Gasteiger partial charge in [-0.25, -0.2) is 8.42 Å². The standard InChI is InChI=1S/C25H33N3O3S/c1-18-8-10-20(11-9-18)25-23(22-7-5-6-19(2)24(22)26-25)17-27-13-12-21(16-27)28(14-15-31-3)32(4,29)30/h5-11,21,23H,12-17H2,1-4H3. The Balaban J connectivity index is 1.57. The summed E-state index contributed by atoms with van der Waals surface area (Å²) in [6.07, 6.45) is 2.13. The second-order valence-electron chi connectivity index (χ2n) is 9.00. The molecule has 1 saturated heterocycles. The predicted octanol–water partition coefficient (Wildman–Crippen LogP) is 3.50. The first-order chi connectivity index (χ1) is 15.3. The van der Waals surface area contributed by atoms with Crippen LogP contribution in [0.2, 0.25) is 0 Å². The van der Waals surface area contributed by atoms with Gasteiger partial charge in [-0.2, -0.15) is 4.31 Å². The molecule has 0 radical (unpaired) electrons. The second kappa shape index (κ2) is 9.43. The highest BCUT2D eigenvalue weighted by molar-refractivity contribution is 7.88. The highest BCUT2D eigenvalue weighted by Crippen LogP contribution is 2.40. The third-order valence-electron chi connectivity index (χ3n) is 6.59. The summed E-state index contributed by atoms with van der Waals surface area (Å²) in [5.41, 5.74) is 7.04. The zero-order chi connectivity index (χ0) is 22.9. The predicted molar refractivity (Wildman–Crippen MR) is 130 cm³/mol. The summed E-state index contributed by atoms with van der Waals surface area (Å²) in [5, 5.41) is 0. The van der Waals surface area contributed by atoms with Crippen LogP contribution < -0.4 is 0 Å². The number of sulfonamides is 1. The molecule has 6 nitrogen and oxygen atoms in total. The quantitative estimate of drug-likeness (QED) is 0.611. The van der Waals surface area contributed by atoms with Crippen molar-refractivity contribution in [3.8, 4) is 0 Å². The van der Waals surface area contributed by atoms with E-state index in [4.69, 9.17) is 9.73 Å². The van der Waals surface area contributed by atoms with Gasteiger partial charge < -0.3 is 9.64 Å². The molecule has 0 saturated carbocycles. The van der Waals surface area contributed by atoms with E-state index in [0.717, 1.165) is 43.0 Å². The van der Waals surface area contributed by atoms with Crippen LogP contribution in [0.25, 0.3) is 0 Å². The SMILES string of the molecule is COCCN(C1CCN(CC2C(c3ccc(C)cc3)=Nc3c(C)cccc32)C1)S(C)(=O)=O.